The van der Waals surface area contributed by atoms with Crippen molar-refractivity contribution in [3.8, 4) is 0 Å². The van der Waals surface area contributed by atoms with E-state index in [4.69, 9.17) is 11.5 Å². The highest BCUT2D eigenvalue weighted by atomic mass is 16.2. The topological polar surface area (TPSA) is 110 Å². The van der Waals surface area contributed by atoms with Crippen LogP contribution in [0.5, 0.6) is 0 Å². The van der Waals surface area contributed by atoms with Crippen LogP contribution in [0.2, 0.25) is 0 Å². The van der Waals surface area contributed by atoms with E-state index in [-0.39, 0.29) is 11.8 Å². The zero-order chi connectivity index (χ0) is 11.0. The van der Waals surface area contributed by atoms with Crippen LogP contribution in [0, 0.1) is 5.92 Å². The molecule has 1 atom stereocenters. The monoisotopic (exact) mass is 202 g/mol. The lowest BCUT2D eigenvalue weighted by molar-refractivity contribution is -0.124. The van der Waals surface area contributed by atoms with E-state index in [1.54, 1.807) is 0 Å². The van der Waals surface area contributed by atoms with Gasteiger partial charge in [0.2, 0.25) is 5.91 Å². The summed E-state index contributed by atoms with van der Waals surface area (Å²) in [7, 11) is 0. The quantitative estimate of drug-likeness (QED) is 0.404. The fourth-order valence-corrected chi connectivity index (χ4v) is 0.975. The van der Waals surface area contributed by atoms with Crippen molar-refractivity contribution in [1.29, 1.82) is 0 Å². The van der Waals surface area contributed by atoms with Crippen molar-refractivity contribution in [3.05, 3.63) is 0 Å². The molecular formula is C8H18N4O2. The number of rotatable bonds is 6. The third-order valence-corrected chi connectivity index (χ3v) is 1.87. The Kier molecular flexibility index (Phi) is 6.47. The molecule has 0 aromatic rings. The number of carbonyl (C=O) groups excluding carboxylic acids is 2. The Morgan fingerprint density at radius 3 is 2.29 bits per heavy atom. The minimum atomic E-state index is -0.592. The lowest BCUT2D eigenvalue weighted by Gasteiger charge is -2.12. The van der Waals surface area contributed by atoms with Crippen molar-refractivity contribution in [1.82, 2.24) is 10.6 Å². The van der Waals surface area contributed by atoms with Crippen molar-refractivity contribution < 1.29 is 9.59 Å². The molecule has 6 heteroatoms. The highest BCUT2D eigenvalue weighted by molar-refractivity contribution is 5.78. The van der Waals surface area contributed by atoms with Gasteiger partial charge in [0.25, 0.3) is 0 Å². The molecule has 0 saturated carbocycles. The third-order valence-electron chi connectivity index (χ3n) is 1.87. The summed E-state index contributed by atoms with van der Waals surface area (Å²) in [5.41, 5.74) is 10.2. The number of hydrogen-bond acceptors (Lipinski definition) is 3. The summed E-state index contributed by atoms with van der Waals surface area (Å²) in [6, 6.07) is -0.592. The molecule has 0 bridgehead atoms. The minimum absolute atomic E-state index is 0.0822. The summed E-state index contributed by atoms with van der Waals surface area (Å²) in [6.45, 7) is 2.95. The molecule has 1 unspecified atom stereocenters. The van der Waals surface area contributed by atoms with Crippen LogP contribution < -0.4 is 22.1 Å². The van der Waals surface area contributed by atoms with Gasteiger partial charge in [-0.1, -0.05) is 6.92 Å². The van der Waals surface area contributed by atoms with Gasteiger partial charge in [0.15, 0.2) is 0 Å². The summed E-state index contributed by atoms with van der Waals surface area (Å²) in [5.74, 6) is -0.232. The lowest BCUT2D eigenvalue weighted by atomic mass is 10.1. The minimum Gasteiger partial charge on any atom is -0.354 e. The van der Waals surface area contributed by atoms with Crippen LogP contribution in [-0.2, 0) is 4.79 Å². The van der Waals surface area contributed by atoms with E-state index >= 15 is 0 Å². The molecule has 0 aromatic heterocycles. The van der Waals surface area contributed by atoms with Crippen LogP contribution in [0.15, 0.2) is 0 Å². The van der Waals surface area contributed by atoms with Crippen molar-refractivity contribution in [2.75, 3.05) is 19.6 Å². The Morgan fingerprint density at radius 2 is 1.86 bits per heavy atom. The van der Waals surface area contributed by atoms with Crippen LogP contribution in [-0.4, -0.2) is 31.6 Å². The average Bonchev–Trinajstić information content (AvgIpc) is 2.14. The summed E-state index contributed by atoms with van der Waals surface area (Å²) >= 11 is 0. The second-order valence-corrected chi connectivity index (χ2v) is 2.92. The van der Waals surface area contributed by atoms with E-state index in [0.29, 0.717) is 26.1 Å². The predicted octanol–water partition coefficient (Wildman–Crippen LogP) is -1.24. The highest BCUT2D eigenvalue weighted by Gasteiger charge is 2.12. The normalized spacial score (nSPS) is 11.9. The molecule has 0 aromatic carbocycles. The van der Waals surface area contributed by atoms with Gasteiger partial charge in [-0.05, 0) is 6.42 Å². The van der Waals surface area contributed by atoms with E-state index in [1.165, 1.54) is 0 Å². The fraction of sp³-hybridized carbons (Fsp3) is 0.750. The molecule has 82 valence electrons. The lowest BCUT2D eigenvalue weighted by Crippen LogP contribution is -2.40. The van der Waals surface area contributed by atoms with Crippen molar-refractivity contribution in [2.45, 2.75) is 13.3 Å². The summed E-state index contributed by atoms with van der Waals surface area (Å²) in [5, 5.41) is 5.02. The first-order valence-electron chi connectivity index (χ1n) is 4.62. The van der Waals surface area contributed by atoms with Gasteiger partial charge in [-0.15, -0.1) is 0 Å². The first-order valence-corrected chi connectivity index (χ1v) is 4.62. The Bertz CT molecular complexity index is 192. The van der Waals surface area contributed by atoms with Crippen LogP contribution >= 0.6 is 0 Å². The first-order chi connectivity index (χ1) is 6.61. The van der Waals surface area contributed by atoms with E-state index in [0.717, 1.165) is 0 Å². The molecule has 0 rings (SSSR count). The van der Waals surface area contributed by atoms with Crippen LogP contribution in [0.25, 0.3) is 0 Å². The van der Waals surface area contributed by atoms with E-state index in [2.05, 4.69) is 10.6 Å². The molecule has 0 heterocycles. The molecule has 0 aliphatic heterocycles. The molecule has 3 amide bonds. The predicted molar refractivity (Wildman–Crippen MR) is 53.4 cm³/mol. The maximum atomic E-state index is 11.3. The number of carbonyl (C=O) groups is 2. The van der Waals surface area contributed by atoms with Gasteiger partial charge in [0.05, 0.1) is 0 Å². The maximum Gasteiger partial charge on any atom is 0.312 e. The molecule has 6 nitrogen and oxygen atoms in total. The summed E-state index contributed by atoms with van der Waals surface area (Å²) < 4.78 is 0. The molecule has 0 aliphatic rings. The van der Waals surface area contributed by atoms with Gasteiger partial charge >= 0.3 is 6.03 Å². The number of primary amides is 1. The highest BCUT2D eigenvalue weighted by Crippen LogP contribution is 1.98. The Labute approximate surface area is 83.4 Å². The SMILES string of the molecule is CCC(CN)C(=O)NCCNC(N)=O. The maximum absolute atomic E-state index is 11.3. The fourth-order valence-electron chi connectivity index (χ4n) is 0.975. The molecule has 6 N–H and O–H groups in total. The number of nitrogens with two attached hydrogens (primary N) is 2. The van der Waals surface area contributed by atoms with Crippen molar-refractivity contribution >= 4 is 11.9 Å². The molecule has 0 radical (unpaired) electrons. The van der Waals surface area contributed by atoms with E-state index < -0.39 is 6.03 Å². The molecule has 0 saturated heterocycles. The van der Waals surface area contributed by atoms with Gasteiger partial charge in [-0.3, -0.25) is 4.79 Å². The van der Waals surface area contributed by atoms with E-state index in [1.807, 2.05) is 6.92 Å². The number of urea groups is 1. The van der Waals surface area contributed by atoms with Crippen LogP contribution in [0.4, 0.5) is 4.79 Å². The number of hydrogen-bond donors (Lipinski definition) is 4. The third kappa shape index (κ3) is 5.36. The van der Waals surface area contributed by atoms with Gasteiger partial charge in [-0.2, -0.15) is 0 Å². The second-order valence-electron chi connectivity index (χ2n) is 2.92. The molecular weight excluding hydrogens is 184 g/mol. The van der Waals surface area contributed by atoms with Crippen molar-refractivity contribution in [2.24, 2.45) is 17.4 Å². The van der Waals surface area contributed by atoms with Crippen LogP contribution in [0.1, 0.15) is 13.3 Å². The first kappa shape index (κ1) is 12.7. The standard InChI is InChI=1S/C8H18N4O2/c1-2-6(5-9)7(13)11-3-4-12-8(10)14/h6H,2-5,9H2,1H3,(H,11,13)(H3,10,12,14). The number of amides is 3. The average molecular weight is 202 g/mol. The Hall–Kier alpha value is -1.30. The largest absolute Gasteiger partial charge is 0.354 e. The molecule has 14 heavy (non-hydrogen) atoms. The van der Waals surface area contributed by atoms with Gasteiger partial charge < -0.3 is 22.1 Å². The Balaban J connectivity index is 3.57. The zero-order valence-corrected chi connectivity index (χ0v) is 8.38. The van der Waals surface area contributed by atoms with Gasteiger partial charge in [0.1, 0.15) is 0 Å². The zero-order valence-electron chi connectivity index (χ0n) is 8.38. The van der Waals surface area contributed by atoms with Crippen LogP contribution in [0.3, 0.4) is 0 Å². The van der Waals surface area contributed by atoms with Crippen molar-refractivity contribution in [3.63, 3.8) is 0 Å². The van der Waals surface area contributed by atoms with Gasteiger partial charge in [0, 0.05) is 25.6 Å². The van der Waals surface area contributed by atoms with Gasteiger partial charge in [-0.25, -0.2) is 4.79 Å². The molecule has 0 fully saturated rings. The Morgan fingerprint density at radius 1 is 1.29 bits per heavy atom. The second kappa shape index (κ2) is 7.14. The molecule has 0 aliphatic carbocycles. The summed E-state index contributed by atoms with van der Waals surface area (Å²) in [6.07, 6.45) is 0.714. The smallest absolute Gasteiger partial charge is 0.312 e. The molecule has 0 spiro atoms. The van der Waals surface area contributed by atoms with E-state index in [9.17, 15) is 9.59 Å². The summed E-state index contributed by atoms with van der Waals surface area (Å²) in [4.78, 5) is 21.6. The number of nitrogens with one attached hydrogen (secondary N) is 2.